The fourth-order valence-electron chi connectivity index (χ4n) is 6.16. The molecule has 0 saturated heterocycles. The molecule has 0 fully saturated rings. The average molecular weight is 647 g/mol. The number of esters is 1. The van der Waals surface area contributed by atoms with E-state index in [0.29, 0.717) is 6.42 Å². The highest BCUT2D eigenvalue weighted by molar-refractivity contribution is 5.69. The highest BCUT2D eigenvalue weighted by atomic mass is 16.5. The fraction of sp³-hybridized carbons (Fsp3) is 0.857. The molecule has 0 rings (SSSR count). The Balaban J connectivity index is 3.92. The molecular formula is C42H78O4. The minimum absolute atomic E-state index is 0.000530. The van der Waals surface area contributed by atoms with Gasteiger partial charge in [-0.05, 0) is 70.6 Å². The number of carboxylic acid groups (broad SMARTS) is 1. The summed E-state index contributed by atoms with van der Waals surface area (Å²) >= 11 is 0. The standard InChI is InChI=1S/C42H78O4/c1-3-5-7-9-11-13-14-15-16-17-18-19-20-21-22-24-26-31-35-39-42(45)46-40(37-33-29-27-30-34-38-41(43)44)36-32-28-25-23-12-10-8-6-4-2/h11,13,15-16,40H,3-10,12,14,17-39H2,1-2H3,(H,43,44)/b13-11-,16-15-. The SMILES string of the molecule is CCCCC/C=C\C/C=C\CCCCCCCCCCCC(=O)OC(CCCCCCCCCCC)CCCCCCCC(=O)O. The molecule has 0 saturated carbocycles. The summed E-state index contributed by atoms with van der Waals surface area (Å²) in [7, 11) is 0. The molecule has 0 radical (unpaired) electrons. The molecule has 0 aliphatic rings. The van der Waals surface area contributed by atoms with Gasteiger partial charge in [0, 0.05) is 12.8 Å². The zero-order chi connectivity index (χ0) is 33.6. The van der Waals surface area contributed by atoms with Crippen molar-refractivity contribution in [3.05, 3.63) is 24.3 Å². The highest BCUT2D eigenvalue weighted by Crippen LogP contribution is 2.19. The van der Waals surface area contributed by atoms with Crippen LogP contribution in [0.3, 0.4) is 0 Å². The topological polar surface area (TPSA) is 63.6 Å². The van der Waals surface area contributed by atoms with E-state index < -0.39 is 5.97 Å². The van der Waals surface area contributed by atoms with Crippen molar-refractivity contribution in [2.45, 2.75) is 232 Å². The number of rotatable bonds is 37. The molecule has 0 amide bonds. The Kier molecular flexibility index (Phi) is 36.6. The van der Waals surface area contributed by atoms with Crippen molar-refractivity contribution < 1.29 is 19.4 Å². The minimum atomic E-state index is -0.700. The van der Waals surface area contributed by atoms with Crippen molar-refractivity contribution in [1.29, 1.82) is 0 Å². The van der Waals surface area contributed by atoms with Crippen LogP contribution >= 0.6 is 0 Å². The molecule has 0 aromatic heterocycles. The van der Waals surface area contributed by atoms with Gasteiger partial charge in [-0.3, -0.25) is 9.59 Å². The second-order valence-electron chi connectivity index (χ2n) is 13.8. The summed E-state index contributed by atoms with van der Waals surface area (Å²) < 4.78 is 5.99. The third-order valence-corrected chi connectivity index (χ3v) is 9.18. The first-order valence-electron chi connectivity index (χ1n) is 20.3. The summed E-state index contributed by atoms with van der Waals surface area (Å²) in [6.07, 6.45) is 47.7. The van der Waals surface area contributed by atoms with Crippen molar-refractivity contribution in [2.24, 2.45) is 0 Å². The molecule has 46 heavy (non-hydrogen) atoms. The lowest BCUT2D eigenvalue weighted by Crippen LogP contribution is -2.18. The lowest BCUT2D eigenvalue weighted by atomic mass is 10.0. The predicted molar refractivity (Wildman–Crippen MR) is 200 cm³/mol. The van der Waals surface area contributed by atoms with E-state index in [1.165, 1.54) is 128 Å². The van der Waals surface area contributed by atoms with Gasteiger partial charge < -0.3 is 9.84 Å². The number of carbonyl (C=O) groups excluding carboxylic acids is 1. The average Bonchev–Trinajstić information content (AvgIpc) is 3.04. The van der Waals surface area contributed by atoms with Crippen molar-refractivity contribution in [1.82, 2.24) is 0 Å². The van der Waals surface area contributed by atoms with Gasteiger partial charge in [0.25, 0.3) is 0 Å². The summed E-state index contributed by atoms with van der Waals surface area (Å²) in [5.74, 6) is -0.700. The number of hydrogen-bond acceptors (Lipinski definition) is 3. The molecule has 0 aliphatic carbocycles. The number of carboxylic acids is 1. The van der Waals surface area contributed by atoms with Gasteiger partial charge in [0.05, 0.1) is 0 Å². The highest BCUT2D eigenvalue weighted by Gasteiger charge is 2.14. The maximum Gasteiger partial charge on any atom is 0.306 e. The Labute approximate surface area is 287 Å². The monoisotopic (exact) mass is 647 g/mol. The summed E-state index contributed by atoms with van der Waals surface area (Å²) in [6.45, 7) is 4.52. The van der Waals surface area contributed by atoms with Gasteiger partial charge in [-0.15, -0.1) is 0 Å². The maximum absolute atomic E-state index is 12.6. The molecule has 1 unspecified atom stereocenters. The van der Waals surface area contributed by atoms with E-state index in [9.17, 15) is 9.59 Å². The van der Waals surface area contributed by atoms with Crippen LogP contribution in [0.25, 0.3) is 0 Å². The summed E-state index contributed by atoms with van der Waals surface area (Å²) in [5.41, 5.74) is 0. The van der Waals surface area contributed by atoms with Crippen molar-refractivity contribution >= 4 is 11.9 Å². The number of aliphatic carboxylic acids is 1. The van der Waals surface area contributed by atoms with Crippen LogP contribution in [0, 0.1) is 0 Å². The number of ether oxygens (including phenoxy) is 1. The molecule has 4 nitrogen and oxygen atoms in total. The third-order valence-electron chi connectivity index (χ3n) is 9.18. The van der Waals surface area contributed by atoms with Gasteiger partial charge in [-0.1, -0.05) is 167 Å². The second-order valence-corrected chi connectivity index (χ2v) is 13.8. The zero-order valence-electron chi connectivity index (χ0n) is 30.9. The Bertz CT molecular complexity index is 698. The van der Waals surface area contributed by atoms with Crippen LogP contribution < -0.4 is 0 Å². The van der Waals surface area contributed by atoms with Gasteiger partial charge in [-0.25, -0.2) is 0 Å². The van der Waals surface area contributed by atoms with Gasteiger partial charge >= 0.3 is 11.9 Å². The van der Waals surface area contributed by atoms with E-state index in [1.54, 1.807) is 0 Å². The van der Waals surface area contributed by atoms with E-state index in [4.69, 9.17) is 9.84 Å². The van der Waals surface area contributed by atoms with Gasteiger partial charge in [0.1, 0.15) is 6.10 Å². The molecule has 0 heterocycles. The Hall–Kier alpha value is -1.58. The van der Waals surface area contributed by atoms with E-state index in [-0.39, 0.29) is 18.5 Å². The van der Waals surface area contributed by atoms with Crippen LogP contribution in [-0.4, -0.2) is 23.1 Å². The molecule has 0 aromatic carbocycles. The lowest BCUT2D eigenvalue weighted by molar-refractivity contribution is -0.150. The Morgan fingerprint density at radius 3 is 1.33 bits per heavy atom. The minimum Gasteiger partial charge on any atom is -0.481 e. The molecule has 0 aliphatic heterocycles. The Morgan fingerprint density at radius 1 is 0.478 bits per heavy atom. The number of unbranched alkanes of at least 4 members (excludes halogenated alkanes) is 24. The normalized spacial score (nSPS) is 12.4. The lowest BCUT2D eigenvalue weighted by Gasteiger charge is -2.18. The van der Waals surface area contributed by atoms with E-state index in [0.717, 1.165) is 70.6 Å². The van der Waals surface area contributed by atoms with Crippen molar-refractivity contribution in [2.75, 3.05) is 0 Å². The summed E-state index contributed by atoms with van der Waals surface area (Å²) in [5, 5.41) is 8.81. The van der Waals surface area contributed by atoms with Crippen molar-refractivity contribution in [3.8, 4) is 0 Å². The first-order valence-corrected chi connectivity index (χ1v) is 20.3. The maximum atomic E-state index is 12.6. The van der Waals surface area contributed by atoms with E-state index in [2.05, 4.69) is 38.2 Å². The van der Waals surface area contributed by atoms with Crippen LogP contribution in [-0.2, 0) is 14.3 Å². The van der Waals surface area contributed by atoms with Crippen LogP contribution in [0.4, 0.5) is 0 Å². The number of carbonyl (C=O) groups is 2. The predicted octanol–water partition coefficient (Wildman–Crippen LogP) is 14.0. The van der Waals surface area contributed by atoms with E-state index >= 15 is 0 Å². The zero-order valence-corrected chi connectivity index (χ0v) is 30.9. The van der Waals surface area contributed by atoms with Gasteiger partial charge in [0.15, 0.2) is 0 Å². The molecule has 0 bridgehead atoms. The fourth-order valence-corrected chi connectivity index (χ4v) is 6.16. The number of hydrogen-bond donors (Lipinski definition) is 1. The first-order chi connectivity index (χ1) is 22.6. The van der Waals surface area contributed by atoms with Crippen molar-refractivity contribution in [3.63, 3.8) is 0 Å². The van der Waals surface area contributed by atoms with Crippen LogP contribution in [0.5, 0.6) is 0 Å². The van der Waals surface area contributed by atoms with Crippen LogP contribution in [0.2, 0.25) is 0 Å². The summed E-state index contributed by atoms with van der Waals surface area (Å²) in [4.78, 5) is 23.3. The molecule has 4 heteroatoms. The third kappa shape index (κ3) is 36.9. The molecule has 1 atom stereocenters. The molecular weight excluding hydrogens is 568 g/mol. The summed E-state index contributed by atoms with van der Waals surface area (Å²) in [6, 6.07) is 0. The second kappa shape index (κ2) is 37.9. The quantitative estimate of drug-likeness (QED) is 0.0414. The molecule has 270 valence electrons. The smallest absolute Gasteiger partial charge is 0.306 e. The number of allylic oxidation sites excluding steroid dienone is 4. The van der Waals surface area contributed by atoms with Gasteiger partial charge in [-0.2, -0.15) is 0 Å². The van der Waals surface area contributed by atoms with Gasteiger partial charge in [0.2, 0.25) is 0 Å². The van der Waals surface area contributed by atoms with E-state index in [1.807, 2.05) is 0 Å². The first kappa shape index (κ1) is 44.4. The molecule has 0 aromatic rings. The largest absolute Gasteiger partial charge is 0.481 e. The molecule has 0 spiro atoms. The molecule has 1 N–H and O–H groups in total. The van der Waals surface area contributed by atoms with Crippen LogP contribution in [0.1, 0.15) is 226 Å². The Morgan fingerprint density at radius 2 is 0.848 bits per heavy atom. The van der Waals surface area contributed by atoms with Crippen LogP contribution in [0.15, 0.2) is 24.3 Å².